The van der Waals surface area contributed by atoms with E-state index in [4.69, 9.17) is 11.0 Å². The Bertz CT molecular complexity index is 1330. The molecule has 0 radical (unpaired) electrons. The molecular formula is C25H23N7O. The molecule has 0 aliphatic heterocycles. The average molecular weight is 438 g/mol. The molecule has 1 amide bonds. The minimum Gasteiger partial charge on any atom is -0.383 e. The van der Waals surface area contributed by atoms with E-state index in [0.29, 0.717) is 34.9 Å². The standard InChI is InChI=1S/C25H23N7O/c1-3-22(24-28-9-4-10-29-24)32(15-20-7-5-17(13-26)14-30-20)25(33)18-6-8-21-19(12-18)11-16(2)23(27)31-21/h4-12,14,22H,3,15H2,1-2H3,(H2,27,31). The second kappa shape index (κ2) is 9.40. The van der Waals surface area contributed by atoms with Gasteiger partial charge in [-0.3, -0.25) is 9.78 Å². The molecule has 8 nitrogen and oxygen atoms in total. The first-order valence-corrected chi connectivity index (χ1v) is 10.6. The fourth-order valence-corrected chi connectivity index (χ4v) is 3.70. The van der Waals surface area contributed by atoms with Crippen molar-refractivity contribution in [3.63, 3.8) is 0 Å². The maximum absolute atomic E-state index is 13.8. The number of pyridine rings is 2. The summed E-state index contributed by atoms with van der Waals surface area (Å²) >= 11 is 0. The first-order valence-electron chi connectivity index (χ1n) is 10.6. The van der Waals surface area contributed by atoms with Crippen molar-refractivity contribution in [3.05, 3.63) is 89.3 Å². The maximum Gasteiger partial charge on any atom is 0.254 e. The monoisotopic (exact) mass is 437 g/mol. The Kier molecular flexibility index (Phi) is 6.22. The van der Waals surface area contributed by atoms with Gasteiger partial charge >= 0.3 is 0 Å². The van der Waals surface area contributed by atoms with Crippen molar-refractivity contribution in [2.24, 2.45) is 0 Å². The number of nitriles is 1. The number of hydrogen-bond donors (Lipinski definition) is 1. The second-order valence-corrected chi connectivity index (χ2v) is 7.71. The van der Waals surface area contributed by atoms with Crippen LogP contribution in [0.5, 0.6) is 0 Å². The van der Waals surface area contributed by atoms with Crippen LogP contribution in [-0.4, -0.2) is 30.7 Å². The molecule has 33 heavy (non-hydrogen) atoms. The summed E-state index contributed by atoms with van der Waals surface area (Å²) in [6, 6.07) is 14.2. The Labute approximate surface area is 191 Å². The lowest BCUT2D eigenvalue weighted by Crippen LogP contribution is -2.35. The van der Waals surface area contributed by atoms with Gasteiger partial charge in [-0.15, -0.1) is 0 Å². The number of carbonyl (C=O) groups is 1. The van der Waals surface area contributed by atoms with Crippen LogP contribution >= 0.6 is 0 Å². The Hall–Kier alpha value is -4.38. The van der Waals surface area contributed by atoms with E-state index in [2.05, 4.69) is 26.0 Å². The van der Waals surface area contributed by atoms with E-state index in [-0.39, 0.29) is 18.5 Å². The van der Waals surface area contributed by atoms with E-state index >= 15 is 0 Å². The molecule has 3 aromatic heterocycles. The molecule has 0 bridgehead atoms. The van der Waals surface area contributed by atoms with Gasteiger partial charge in [-0.05, 0) is 61.4 Å². The predicted molar refractivity (Wildman–Crippen MR) is 125 cm³/mol. The highest BCUT2D eigenvalue weighted by Gasteiger charge is 2.27. The molecule has 0 aliphatic carbocycles. The summed E-state index contributed by atoms with van der Waals surface area (Å²) < 4.78 is 0. The zero-order chi connectivity index (χ0) is 23.4. The van der Waals surface area contributed by atoms with Crippen LogP contribution in [-0.2, 0) is 6.54 Å². The van der Waals surface area contributed by atoms with Crippen molar-refractivity contribution in [2.45, 2.75) is 32.9 Å². The predicted octanol–water partition coefficient (Wildman–Crippen LogP) is 3.98. The number of aryl methyl sites for hydroxylation is 1. The van der Waals surface area contributed by atoms with E-state index in [9.17, 15) is 4.79 Å². The first-order chi connectivity index (χ1) is 16.0. The van der Waals surface area contributed by atoms with Gasteiger partial charge in [-0.2, -0.15) is 5.26 Å². The van der Waals surface area contributed by atoms with Crippen LogP contribution in [0.1, 0.15) is 52.4 Å². The number of hydrogen-bond acceptors (Lipinski definition) is 7. The van der Waals surface area contributed by atoms with E-state index in [1.54, 1.807) is 47.6 Å². The number of anilines is 1. The molecule has 0 spiro atoms. The van der Waals surface area contributed by atoms with Gasteiger partial charge in [0, 0.05) is 29.5 Å². The van der Waals surface area contributed by atoms with Gasteiger partial charge in [-0.25, -0.2) is 15.0 Å². The van der Waals surface area contributed by atoms with E-state index in [0.717, 1.165) is 16.5 Å². The highest BCUT2D eigenvalue weighted by Crippen LogP contribution is 2.27. The second-order valence-electron chi connectivity index (χ2n) is 7.71. The van der Waals surface area contributed by atoms with Gasteiger partial charge in [0.1, 0.15) is 11.9 Å². The molecule has 0 fully saturated rings. The van der Waals surface area contributed by atoms with Crippen LogP contribution < -0.4 is 5.73 Å². The van der Waals surface area contributed by atoms with Gasteiger partial charge in [0.2, 0.25) is 0 Å². The quantitative estimate of drug-likeness (QED) is 0.484. The number of nitrogens with two attached hydrogens (primary N) is 1. The molecule has 3 heterocycles. The average Bonchev–Trinajstić information content (AvgIpc) is 2.85. The molecule has 0 aliphatic rings. The third-order valence-electron chi connectivity index (χ3n) is 5.49. The smallest absolute Gasteiger partial charge is 0.254 e. The topological polar surface area (TPSA) is 122 Å². The molecule has 164 valence electrons. The summed E-state index contributed by atoms with van der Waals surface area (Å²) in [6.07, 6.45) is 5.47. The summed E-state index contributed by atoms with van der Waals surface area (Å²) in [5, 5.41) is 9.90. The van der Waals surface area contributed by atoms with Crippen molar-refractivity contribution >= 4 is 22.6 Å². The van der Waals surface area contributed by atoms with Crippen LogP contribution in [0.2, 0.25) is 0 Å². The SMILES string of the molecule is CCC(c1ncccn1)N(Cc1ccc(C#N)cn1)C(=O)c1ccc2nc(N)c(C)cc2c1. The van der Waals surface area contributed by atoms with Crippen molar-refractivity contribution in [1.82, 2.24) is 24.8 Å². The molecule has 8 heteroatoms. The molecule has 0 saturated carbocycles. The van der Waals surface area contributed by atoms with Crippen molar-refractivity contribution < 1.29 is 4.79 Å². The van der Waals surface area contributed by atoms with Gasteiger partial charge in [-0.1, -0.05) is 6.92 Å². The summed E-state index contributed by atoms with van der Waals surface area (Å²) in [6.45, 7) is 4.13. The normalized spacial score (nSPS) is 11.7. The molecule has 0 saturated heterocycles. The number of fused-ring (bicyclic) bond motifs is 1. The van der Waals surface area contributed by atoms with Crippen molar-refractivity contribution in [2.75, 3.05) is 5.73 Å². The van der Waals surface area contributed by atoms with Crippen LogP contribution in [0.25, 0.3) is 10.9 Å². The van der Waals surface area contributed by atoms with Gasteiger partial charge < -0.3 is 10.6 Å². The third-order valence-corrected chi connectivity index (χ3v) is 5.49. The molecule has 4 aromatic rings. The molecule has 1 atom stereocenters. The lowest BCUT2D eigenvalue weighted by molar-refractivity contribution is 0.0640. The Morgan fingerprint density at radius 1 is 1.15 bits per heavy atom. The van der Waals surface area contributed by atoms with Crippen LogP contribution in [0, 0.1) is 18.3 Å². The Morgan fingerprint density at radius 3 is 2.61 bits per heavy atom. The zero-order valence-corrected chi connectivity index (χ0v) is 18.4. The third kappa shape index (κ3) is 4.62. The maximum atomic E-state index is 13.8. The van der Waals surface area contributed by atoms with E-state index < -0.39 is 0 Å². The molecule has 2 N–H and O–H groups in total. The summed E-state index contributed by atoms with van der Waals surface area (Å²) in [5.41, 5.74) is 9.18. The molecule has 1 unspecified atom stereocenters. The summed E-state index contributed by atoms with van der Waals surface area (Å²) in [7, 11) is 0. The Morgan fingerprint density at radius 2 is 1.94 bits per heavy atom. The zero-order valence-electron chi connectivity index (χ0n) is 18.4. The molecule has 4 rings (SSSR count). The number of amides is 1. The number of rotatable bonds is 6. The van der Waals surface area contributed by atoms with E-state index in [1.165, 1.54) is 6.20 Å². The minimum atomic E-state index is -0.349. The van der Waals surface area contributed by atoms with Crippen LogP contribution in [0.4, 0.5) is 5.82 Å². The number of benzene rings is 1. The van der Waals surface area contributed by atoms with Gasteiger partial charge in [0.05, 0.1) is 29.4 Å². The first kappa shape index (κ1) is 21.8. The van der Waals surface area contributed by atoms with Crippen molar-refractivity contribution in [1.29, 1.82) is 5.26 Å². The van der Waals surface area contributed by atoms with Crippen molar-refractivity contribution in [3.8, 4) is 6.07 Å². The highest BCUT2D eigenvalue weighted by atomic mass is 16.2. The number of carbonyl (C=O) groups excluding carboxylic acids is 1. The lowest BCUT2D eigenvalue weighted by Gasteiger charge is -2.30. The lowest BCUT2D eigenvalue weighted by atomic mass is 10.1. The Balaban J connectivity index is 1.75. The van der Waals surface area contributed by atoms with Crippen LogP contribution in [0.3, 0.4) is 0 Å². The minimum absolute atomic E-state index is 0.170. The molecule has 1 aromatic carbocycles. The van der Waals surface area contributed by atoms with E-state index in [1.807, 2.05) is 26.0 Å². The van der Waals surface area contributed by atoms with Gasteiger partial charge in [0.25, 0.3) is 5.91 Å². The molecular weight excluding hydrogens is 414 g/mol. The fourth-order valence-electron chi connectivity index (χ4n) is 3.70. The van der Waals surface area contributed by atoms with Gasteiger partial charge in [0.15, 0.2) is 5.82 Å². The fraction of sp³-hybridized carbons (Fsp3) is 0.200. The number of aromatic nitrogens is 4. The summed E-state index contributed by atoms with van der Waals surface area (Å²) in [4.78, 5) is 33.1. The number of nitrogen functional groups attached to an aromatic ring is 1. The van der Waals surface area contributed by atoms with Crippen LogP contribution in [0.15, 0.2) is 61.1 Å². The number of nitrogens with zero attached hydrogens (tertiary/aromatic N) is 6. The highest BCUT2D eigenvalue weighted by molar-refractivity contribution is 5.98. The summed E-state index contributed by atoms with van der Waals surface area (Å²) in [5.74, 6) is 0.868. The largest absolute Gasteiger partial charge is 0.383 e.